The average Bonchev–Trinajstić information content (AvgIpc) is 3.09. The van der Waals surface area contributed by atoms with Crippen molar-refractivity contribution >= 4 is 22.5 Å². The van der Waals surface area contributed by atoms with Crippen molar-refractivity contribution in [2.45, 2.75) is 38.8 Å². The minimum atomic E-state index is -0.910. The predicted molar refractivity (Wildman–Crippen MR) is 72.5 cm³/mol. The van der Waals surface area contributed by atoms with Crippen LogP contribution in [0.3, 0.4) is 0 Å². The highest BCUT2D eigenvalue weighted by atomic mass is 32.1. The normalized spacial score (nSPS) is 16.9. The van der Waals surface area contributed by atoms with E-state index in [0.29, 0.717) is 28.3 Å². The highest BCUT2D eigenvalue weighted by Gasteiger charge is 2.29. The number of aromatic carboxylic acids is 1. The molecular weight excluding hydrogens is 250 g/mol. The second kappa shape index (κ2) is 5.24. The standard InChI is InChI=1S/C12H19N3O2S/c1-7(15(3)9-4-5-9)6-13-11-10(12(16)17)8(2)14-18-11/h7,9,13H,4-6H2,1-3H3,(H,16,17). The van der Waals surface area contributed by atoms with E-state index in [1.807, 2.05) is 0 Å². The molecule has 1 aliphatic rings. The molecule has 18 heavy (non-hydrogen) atoms. The lowest BCUT2D eigenvalue weighted by molar-refractivity contribution is 0.0697. The van der Waals surface area contributed by atoms with Gasteiger partial charge in [0.2, 0.25) is 0 Å². The summed E-state index contributed by atoms with van der Waals surface area (Å²) in [5, 5.41) is 13.0. The molecule has 0 aliphatic heterocycles. The van der Waals surface area contributed by atoms with E-state index in [9.17, 15) is 4.79 Å². The van der Waals surface area contributed by atoms with Gasteiger partial charge in [0.1, 0.15) is 10.6 Å². The number of aromatic nitrogens is 1. The number of rotatable bonds is 6. The van der Waals surface area contributed by atoms with Gasteiger partial charge in [0.25, 0.3) is 0 Å². The molecule has 1 heterocycles. The molecule has 0 aromatic carbocycles. The van der Waals surface area contributed by atoms with Gasteiger partial charge in [0, 0.05) is 18.6 Å². The molecule has 1 aromatic rings. The number of carbonyl (C=O) groups is 1. The number of nitrogens with one attached hydrogen (secondary N) is 1. The van der Waals surface area contributed by atoms with Crippen LogP contribution in [-0.4, -0.2) is 46.0 Å². The van der Waals surface area contributed by atoms with Crippen molar-refractivity contribution in [3.63, 3.8) is 0 Å². The zero-order chi connectivity index (χ0) is 13.3. The molecule has 1 aromatic heterocycles. The molecule has 0 spiro atoms. The predicted octanol–water partition coefficient (Wildman–Crippen LogP) is 2.04. The number of likely N-dealkylation sites (N-methyl/N-ethyl adjacent to an activating group) is 1. The smallest absolute Gasteiger partial charge is 0.340 e. The van der Waals surface area contributed by atoms with E-state index in [0.717, 1.165) is 6.54 Å². The van der Waals surface area contributed by atoms with Crippen LogP contribution in [0.2, 0.25) is 0 Å². The summed E-state index contributed by atoms with van der Waals surface area (Å²) >= 11 is 1.22. The van der Waals surface area contributed by atoms with E-state index in [1.165, 1.54) is 24.4 Å². The second-order valence-corrected chi connectivity index (χ2v) is 5.68. The molecule has 2 N–H and O–H groups in total. The summed E-state index contributed by atoms with van der Waals surface area (Å²) in [6.07, 6.45) is 2.56. The van der Waals surface area contributed by atoms with Crippen LogP contribution < -0.4 is 5.32 Å². The first-order valence-electron chi connectivity index (χ1n) is 6.16. The summed E-state index contributed by atoms with van der Waals surface area (Å²) in [6.45, 7) is 4.62. The summed E-state index contributed by atoms with van der Waals surface area (Å²) < 4.78 is 4.09. The van der Waals surface area contributed by atoms with Crippen LogP contribution in [-0.2, 0) is 0 Å². The fraction of sp³-hybridized carbons (Fsp3) is 0.667. The molecule has 100 valence electrons. The first-order valence-corrected chi connectivity index (χ1v) is 6.93. The third-order valence-electron chi connectivity index (χ3n) is 3.45. The summed E-state index contributed by atoms with van der Waals surface area (Å²) in [5.74, 6) is -0.910. The third-order valence-corrected chi connectivity index (χ3v) is 4.35. The third kappa shape index (κ3) is 2.81. The van der Waals surface area contributed by atoms with Gasteiger partial charge in [0.05, 0.1) is 5.69 Å². The van der Waals surface area contributed by atoms with Crippen LogP contribution in [0.4, 0.5) is 5.00 Å². The Morgan fingerprint density at radius 2 is 2.33 bits per heavy atom. The summed E-state index contributed by atoms with van der Waals surface area (Å²) in [7, 11) is 2.13. The minimum Gasteiger partial charge on any atom is -0.478 e. The van der Waals surface area contributed by atoms with Crippen molar-refractivity contribution < 1.29 is 9.90 Å². The zero-order valence-electron chi connectivity index (χ0n) is 10.9. The van der Waals surface area contributed by atoms with E-state index in [1.54, 1.807) is 6.92 Å². The molecular formula is C12H19N3O2S. The van der Waals surface area contributed by atoms with Gasteiger partial charge in [-0.25, -0.2) is 4.79 Å². The Bertz CT molecular complexity index is 443. The topological polar surface area (TPSA) is 65.5 Å². The Morgan fingerprint density at radius 1 is 1.67 bits per heavy atom. The van der Waals surface area contributed by atoms with E-state index >= 15 is 0 Å². The first kappa shape index (κ1) is 13.3. The molecule has 1 fully saturated rings. The van der Waals surface area contributed by atoms with Crippen molar-refractivity contribution in [3.8, 4) is 0 Å². The Morgan fingerprint density at radius 3 is 2.89 bits per heavy atom. The number of hydrogen-bond acceptors (Lipinski definition) is 5. The molecule has 1 saturated carbocycles. The molecule has 0 radical (unpaired) electrons. The molecule has 5 nitrogen and oxygen atoms in total. The van der Waals surface area contributed by atoms with E-state index in [4.69, 9.17) is 5.11 Å². The van der Waals surface area contributed by atoms with Crippen molar-refractivity contribution in [1.29, 1.82) is 0 Å². The fourth-order valence-electron chi connectivity index (χ4n) is 1.97. The molecule has 1 aliphatic carbocycles. The van der Waals surface area contributed by atoms with Gasteiger partial charge in [-0.15, -0.1) is 0 Å². The Hall–Kier alpha value is -1.14. The number of carboxylic acid groups (broad SMARTS) is 1. The lowest BCUT2D eigenvalue weighted by Crippen LogP contribution is -2.36. The Balaban J connectivity index is 1.95. The van der Waals surface area contributed by atoms with Gasteiger partial charge in [-0.05, 0) is 45.3 Å². The highest BCUT2D eigenvalue weighted by molar-refractivity contribution is 7.10. The van der Waals surface area contributed by atoms with Gasteiger partial charge in [-0.2, -0.15) is 4.37 Å². The van der Waals surface area contributed by atoms with Crippen LogP contribution in [0.1, 0.15) is 35.8 Å². The minimum absolute atomic E-state index is 0.307. The maximum atomic E-state index is 11.1. The summed E-state index contributed by atoms with van der Waals surface area (Å²) in [4.78, 5) is 13.5. The maximum Gasteiger partial charge on any atom is 0.340 e. The van der Waals surface area contributed by atoms with Crippen LogP contribution in [0.15, 0.2) is 0 Å². The van der Waals surface area contributed by atoms with Crippen LogP contribution in [0, 0.1) is 6.92 Å². The maximum absolute atomic E-state index is 11.1. The summed E-state index contributed by atoms with van der Waals surface area (Å²) in [6, 6.07) is 1.10. The van der Waals surface area contributed by atoms with E-state index in [2.05, 4.69) is 28.6 Å². The molecule has 2 rings (SSSR count). The Labute approximate surface area is 111 Å². The van der Waals surface area contributed by atoms with Gasteiger partial charge < -0.3 is 10.4 Å². The molecule has 1 atom stereocenters. The SMILES string of the molecule is Cc1nsc(NCC(C)N(C)C2CC2)c1C(=O)O. The number of hydrogen-bond donors (Lipinski definition) is 2. The quantitative estimate of drug-likeness (QED) is 0.827. The van der Waals surface area contributed by atoms with Crippen molar-refractivity contribution in [3.05, 3.63) is 11.3 Å². The van der Waals surface area contributed by atoms with Gasteiger partial charge in [0.15, 0.2) is 0 Å². The lowest BCUT2D eigenvalue weighted by Gasteiger charge is -2.24. The molecule has 0 saturated heterocycles. The largest absolute Gasteiger partial charge is 0.478 e. The molecule has 0 bridgehead atoms. The number of anilines is 1. The van der Waals surface area contributed by atoms with E-state index in [-0.39, 0.29) is 0 Å². The van der Waals surface area contributed by atoms with Crippen molar-refractivity contribution in [1.82, 2.24) is 9.27 Å². The van der Waals surface area contributed by atoms with Crippen LogP contribution in [0.5, 0.6) is 0 Å². The number of carboxylic acids is 1. The number of nitrogens with zero attached hydrogens (tertiary/aromatic N) is 2. The lowest BCUT2D eigenvalue weighted by atomic mass is 10.2. The second-order valence-electron chi connectivity index (χ2n) is 4.90. The van der Waals surface area contributed by atoms with Crippen molar-refractivity contribution in [2.75, 3.05) is 18.9 Å². The van der Waals surface area contributed by atoms with Crippen LogP contribution in [0.25, 0.3) is 0 Å². The van der Waals surface area contributed by atoms with Crippen molar-refractivity contribution in [2.24, 2.45) is 0 Å². The van der Waals surface area contributed by atoms with Gasteiger partial charge >= 0.3 is 5.97 Å². The zero-order valence-corrected chi connectivity index (χ0v) is 11.8. The fourth-order valence-corrected chi connectivity index (χ4v) is 2.76. The van der Waals surface area contributed by atoms with Gasteiger partial charge in [-0.1, -0.05) is 0 Å². The molecule has 6 heteroatoms. The van der Waals surface area contributed by atoms with E-state index < -0.39 is 5.97 Å². The Kier molecular flexibility index (Phi) is 3.87. The molecule has 1 unspecified atom stereocenters. The highest BCUT2D eigenvalue weighted by Crippen LogP contribution is 2.28. The monoisotopic (exact) mass is 269 g/mol. The average molecular weight is 269 g/mol. The summed E-state index contributed by atoms with van der Waals surface area (Å²) in [5.41, 5.74) is 0.888. The molecule has 0 amide bonds. The van der Waals surface area contributed by atoms with Gasteiger partial charge in [-0.3, -0.25) is 4.90 Å². The van der Waals surface area contributed by atoms with Crippen LogP contribution >= 0.6 is 11.5 Å². The number of aryl methyl sites for hydroxylation is 1. The first-order chi connectivity index (χ1) is 8.50.